The summed E-state index contributed by atoms with van der Waals surface area (Å²) >= 11 is 0. The molecule has 0 aliphatic heterocycles. The lowest BCUT2D eigenvalue weighted by molar-refractivity contribution is -0.113. The van der Waals surface area contributed by atoms with E-state index in [0.717, 1.165) is 16.8 Å². The summed E-state index contributed by atoms with van der Waals surface area (Å²) in [6.45, 7) is 5.90. The number of carbonyl (C=O) groups is 1. The van der Waals surface area contributed by atoms with Crippen molar-refractivity contribution in [2.24, 2.45) is 0 Å². The summed E-state index contributed by atoms with van der Waals surface area (Å²) in [5.41, 5.74) is 2.87. The minimum Gasteiger partial charge on any atom is -0.395 e. The number of aryl methyl sites for hydroxylation is 1. The Balaban J connectivity index is 2.82. The van der Waals surface area contributed by atoms with Crippen molar-refractivity contribution < 1.29 is 14.1 Å². The number of hydrogen-bond acceptors (Lipinski definition) is 3. The van der Waals surface area contributed by atoms with Crippen LogP contribution in [0.15, 0.2) is 18.2 Å². The van der Waals surface area contributed by atoms with Crippen LogP contribution in [0.5, 0.6) is 0 Å². The molecule has 106 valence electrons. The molecule has 0 saturated carbocycles. The van der Waals surface area contributed by atoms with Gasteiger partial charge in [-0.25, -0.2) is 0 Å². The molecule has 0 aliphatic carbocycles. The molecule has 0 spiro atoms. The quantitative estimate of drug-likeness (QED) is 0.836. The van der Waals surface area contributed by atoms with E-state index in [1.807, 2.05) is 25.1 Å². The van der Waals surface area contributed by atoms with E-state index in [0.29, 0.717) is 5.92 Å². The molecule has 0 saturated heterocycles. The van der Waals surface area contributed by atoms with Gasteiger partial charge in [-0.3, -0.25) is 9.00 Å². The van der Waals surface area contributed by atoms with Crippen molar-refractivity contribution in [3.05, 3.63) is 29.3 Å². The van der Waals surface area contributed by atoms with E-state index >= 15 is 0 Å². The van der Waals surface area contributed by atoms with E-state index in [9.17, 15) is 9.00 Å². The standard InChI is InChI=1S/C14H21NO3S/c1-10(2)12-6-4-5-11(3)14(12)15-13(17)9-19(18)8-7-16/h4-6,10,16H,7-9H2,1-3H3,(H,15,17). The fourth-order valence-electron chi connectivity index (χ4n) is 1.84. The molecular weight excluding hydrogens is 262 g/mol. The van der Waals surface area contributed by atoms with Crippen molar-refractivity contribution in [1.82, 2.24) is 0 Å². The van der Waals surface area contributed by atoms with Gasteiger partial charge >= 0.3 is 0 Å². The highest BCUT2D eigenvalue weighted by Crippen LogP contribution is 2.27. The van der Waals surface area contributed by atoms with Crippen LogP contribution < -0.4 is 5.32 Å². The number of anilines is 1. The van der Waals surface area contributed by atoms with Crippen LogP contribution in [0.1, 0.15) is 30.9 Å². The lowest BCUT2D eigenvalue weighted by Gasteiger charge is -2.16. The predicted molar refractivity (Wildman–Crippen MR) is 78.9 cm³/mol. The van der Waals surface area contributed by atoms with Crippen molar-refractivity contribution in [3.63, 3.8) is 0 Å². The zero-order valence-electron chi connectivity index (χ0n) is 11.6. The van der Waals surface area contributed by atoms with Crippen LogP contribution >= 0.6 is 0 Å². The number of aliphatic hydroxyl groups excluding tert-OH is 1. The van der Waals surface area contributed by atoms with Crippen LogP contribution in [0.25, 0.3) is 0 Å². The van der Waals surface area contributed by atoms with Gasteiger partial charge in [0, 0.05) is 22.2 Å². The maximum absolute atomic E-state index is 11.8. The first kappa shape index (κ1) is 15.9. The topological polar surface area (TPSA) is 66.4 Å². The van der Waals surface area contributed by atoms with Gasteiger partial charge in [0.1, 0.15) is 5.75 Å². The molecule has 0 aromatic heterocycles. The molecule has 0 fully saturated rings. The molecule has 1 rings (SSSR count). The molecule has 19 heavy (non-hydrogen) atoms. The molecule has 1 atom stereocenters. The number of nitrogens with one attached hydrogen (secondary N) is 1. The molecule has 0 aliphatic rings. The minimum atomic E-state index is -1.31. The summed E-state index contributed by atoms with van der Waals surface area (Å²) in [6, 6.07) is 5.88. The van der Waals surface area contributed by atoms with Crippen LogP contribution in [0.2, 0.25) is 0 Å². The Morgan fingerprint density at radius 3 is 2.68 bits per heavy atom. The van der Waals surface area contributed by atoms with Gasteiger partial charge in [0.25, 0.3) is 0 Å². The van der Waals surface area contributed by atoms with Crippen LogP contribution in [-0.2, 0) is 15.6 Å². The predicted octanol–water partition coefficient (Wildman–Crippen LogP) is 1.80. The third kappa shape index (κ3) is 4.76. The summed E-state index contributed by atoms with van der Waals surface area (Å²) in [5, 5.41) is 11.5. The van der Waals surface area contributed by atoms with Gasteiger partial charge in [0.05, 0.1) is 6.61 Å². The van der Waals surface area contributed by atoms with E-state index in [-0.39, 0.29) is 24.0 Å². The number of hydrogen-bond donors (Lipinski definition) is 2. The fraction of sp³-hybridized carbons (Fsp3) is 0.500. The second-order valence-corrected chi connectivity index (χ2v) is 6.33. The van der Waals surface area contributed by atoms with Crippen molar-refractivity contribution in [2.45, 2.75) is 26.7 Å². The number of para-hydroxylation sites is 1. The van der Waals surface area contributed by atoms with Crippen molar-refractivity contribution in [3.8, 4) is 0 Å². The molecule has 1 unspecified atom stereocenters. The smallest absolute Gasteiger partial charge is 0.237 e. The molecule has 1 amide bonds. The normalized spacial score (nSPS) is 12.5. The van der Waals surface area contributed by atoms with Gasteiger partial charge in [-0.1, -0.05) is 32.0 Å². The Morgan fingerprint density at radius 1 is 1.42 bits per heavy atom. The maximum atomic E-state index is 11.8. The summed E-state index contributed by atoms with van der Waals surface area (Å²) < 4.78 is 11.4. The maximum Gasteiger partial charge on any atom is 0.237 e. The first-order chi connectivity index (χ1) is 8.95. The lowest BCUT2D eigenvalue weighted by Crippen LogP contribution is -2.22. The molecular formula is C14H21NO3S. The number of carbonyl (C=O) groups excluding carboxylic acids is 1. The Morgan fingerprint density at radius 2 is 2.11 bits per heavy atom. The number of aliphatic hydroxyl groups is 1. The van der Waals surface area contributed by atoms with Crippen molar-refractivity contribution in [1.29, 1.82) is 0 Å². The number of benzene rings is 1. The monoisotopic (exact) mass is 283 g/mol. The highest BCUT2D eigenvalue weighted by molar-refractivity contribution is 7.85. The second kappa shape index (κ2) is 7.40. The van der Waals surface area contributed by atoms with Crippen LogP contribution in [0.3, 0.4) is 0 Å². The highest BCUT2D eigenvalue weighted by atomic mass is 32.2. The minimum absolute atomic E-state index is 0.0770. The van der Waals surface area contributed by atoms with E-state index < -0.39 is 10.8 Å². The average molecular weight is 283 g/mol. The third-order valence-electron chi connectivity index (χ3n) is 2.80. The van der Waals surface area contributed by atoms with Crippen molar-refractivity contribution in [2.75, 3.05) is 23.4 Å². The largest absolute Gasteiger partial charge is 0.395 e. The summed E-state index contributed by atoms with van der Waals surface area (Å²) in [6.07, 6.45) is 0. The van der Waals surface area contributed by atoms with E-state index in [2.05, 4.69) is 19.2 Å². The van der Waals surface area contributed by atoms with Gasteiger partial charge in [-0.05, 0) is 24.0 Å². The van der Waals surface area contributed by atoms with E-state index in [4.69, 9.17) is 5.11 Å². The molecule has 0 heterocycles. The second-order valence-electron chi connectivity index (χ2n) is 4.75. The Bertz CT molecular complexity index is 472. The van der Waals surface area contributed by atoms with Gasteiger partial charge in [0.2, 0.25) is 5.91 Å². The number of rotatable bonds is 6. The Labute approximate surface area is 116 Å². The first-order valence-corrected chi connectivity index (χ1v) is 7.79. The Kier molecular flexibility index (Phi) is 6.18. The third-order valence-corrected chi connectivity index (χ3v) is 4.02. The molecule has 2 N–H and O–H groups in total. The summed E-state index contributed by atoms with van der Waals surface area (Å²) in [4.78, 5) is 11.8. The van der Waals surface area contributed by atoms with Crippen molar-refractivity contribution >= 4 is 22.4 Å². The fourth-order valence-corrected chi connectivity index (χ4v) is 2.55. The zero-order chi connectivity index (χ0) is 14.4. The molecule has 4 nitrogen and oxygen atoms in total. The number of amides is 1. The average Bonchev–Trinajstić information content (AvgIpc) is 2.31. The van der Waals surface area contributed by atoms with E-state index in [1.54, 1.807) is 0 Å². The summed E-state index contributed by atoms with van der Waals surface area (Å²) in [7, 11) is -1.31. The zero-order valence-corrected chi connectivity index (χ0v) is 12.4. The molecule has 1 aromatic carbocycles. The van der Waals surface area contributed by atoms with E-state index in [1.165, 1.54) is 0 Å². The van der Waals surface area contributed by atoms with Gasteiger partial charge in [-0.2, -0.15) is 0 Å². The summed E-state index contributed by atoms with van der Waals surface area (Å²) in [5.74, 6) is 0.0890. The van der Waals surface area contributed by atoms with Gasteiger partial charge < -0.3 is 10.4 Å². The van der Waals surface area contributed by atoms with Crippen LogP contribution in [-0.4, -0.2) is 33.3 Å². The first-order valence-electron chi connectivity index (χ1n) is 6.31. The molecule has 1 aromatic rings. The Hall–Kier alpha value is -1.20. The van der Waals surface area contributed by atoms with Gasteiger partial charge in [-0.15, -0.1) is 0 Å². The lowest BCUT2D eigenvalue weighted by atomic mass is 9.98. The van der Waals surface area contributed by atoms with Crippen LogP contribution in [0, 0.1) is 6.92 Å². The van der Waals surface area contributed by atoms with Gasteiger partial charge in [0.15, 0.2) is 0 Å². The SMILES string of the molecule is Cc1cccc(C(C)C)c1NC(=O)CS(=O)CCO. The molecule has 5 heteroatoms. The molecule has 0 radical (unpaired) electrons. The molecule has 0 bridgehead atoms. The highest BCUT2D eigenvalue weighted by Gasteiger charge is 2.13. The van der Waals surface area contributed by atoms with Crippen LogP contribution in [0.4, 0.5) is 5.69 Å².